The van der Waals surface area contributed by atoms with E-state index in [-0.39, 0.29) is 11.6 Å². The van der Waals surface area contributed by atoms with E-state index >= 15 is 0 Å². The van der Waals surface area contributed by atoms with Crippen LogP contribution in [-0.4, -0.2) is 46.2 Å². The summed E-state index contributed by atoms with van der Waals surface area (Å²) in [7, 11) is 0. The van der Waals surface area contributed by atoms with E-state index in [1.54, 1.807) is 24.3 Å². The molecule has 3 rings (SSSR count). The Morgan fingerprint density at radius 2 is 1.82 bits per heavy atom. The van der Waals surface area contributed by atoms with Crippen LogP contribution in [0.1, 0.15) is 23.4 Å². The SMILES string of the molecule is OC(O)c1nn[nH]c1Oc1ccc(C#Cc2nnn[nH]2)cc1. The van der Waals surface area contributed by atoms with Gasteiger partial charge in [-0.1, -0.05) is 16.2 Å². The minimum atomic E-state index is -1.77. The number of aromatic amines is 2. The van der Waals surface area contributed by atoms with Gasteiger partial charge in [0.1, 0.15) is 5.75 Å². The lowest BCUT2D eigenvalue weighted by Crippen LogP contribution is -1.98. The highest BCUT2D eigenvalue weighted by molar-refractivity contribution is 5.41. The smallest absolute Gasteiger partial charge is 0.244 e. The summed E-state index contributed by atoms with van der Waals surface area (Å²) >= 11 is 0. The fourth-order valence-corrected chi connectivity index (χ4v) is 1.54. The summed E-state index contributed by atoms with van der Waals surface area (Å²) in [4.78, 5) is 0. The van der Waals surface area contributed by atoms with Crippen molar-refractivity contribution in [2.75, 3.05) is 0 Å². The lowest BCUT2D eigenvalue weighted by Gasteiger charge is -2.05. The first-order chi connectivity index (χ1) is 10.7. The fourth-order valence-electron chi connectivity index (χ4n) is 1.54. The fraction of sp³-hybridized carbons (Fsp3) is 0.0833. The van der Waals surface area contributed by atoms with Gasteiger partial charge in [0.15, 0.2) is 5.69 Å². The van der Waals surface area contributed by atoms with Crippen LogP contribution in [0.4, 0.5) is 0 Å². The second kappa shape index (κ2) is 6.00. The molecule has 0 spiro atoms. The van der Waals surface area contributed by atoms with Crippen LogP contribution in [0.2, 0.25) is 0 Å². The first-order valence-corrected chi connectivity index (χ1v) is 6.03. The van der Waals surface area contributed by atoms with Gasteiger partial charge in [0.2, 0.25) is 18.0 Å². The number of hydrogen-bond acceptors (Lipinski definition) is 8. The number of rotatable bonds is 3. The van der Waals surface area contributed by atoms with E-state index in [0.717, 1.165) is 5.56 Å². The predicted molar refractivity (Wildman–Crippen MR) is 70.2 cm³/mol. The maximum atomic E-state index is 9.09. The quantitative estimate of drug-likeness (QED) is 0.374. The zero-order chi connectivity index (χ0) is 15.4. The van der Waals surface area contributed by atoms with Gasteiger partial charge in [-0.05, 0) is 40.6 Å². The van der Waals surface area contributed by atoms with Crippen molar-refractivity contribution in [3.05, 3.63) is 41.3 Å². The molecule has 0 fully saturated rings. The first-order valence-electron chi connectivity index (χ1n) is 6.03. The highest BCUT2D eigenvalue weighted by Gasteiger charge is 2.15. The lowest BCUT2D eigenvalue weighted by molar-refractivity contribution is -0.0470. The van der Waals surface area contributed by atoms with E-state index in [9.17, 15) is 0 Å². The van der Waals surface area contributed by atoms with Gasteiger partial charge in [-0.15, -0.1) is 5.10 Å². The second-order valence-electron chi connectivity index (χ2n) is 4.03. The molecule has 0 saturated heterocycles. The van der Waals surface area contributed by atoms with Crippen molar-refractivity contribution < 1.29 is 14.9 Å². The van der Waals surface area contributed by atoms with Crippen molar-refractivity contribution in [2.24, 2.45) is 0 Å². The minimum absolute atomic E-state index is 0.0570. The van der Waals surface area contributed by atoms with Gasteiger partial charge in [0.05, 0.1) is 0 Å². The summed E-state index contributed by atoms with van der Waals surface area (Å²) in [6.07, 6.45) is -1.77. The highest BCUT2D eigenvalue weighted by Crippen LogP contribution is 2.24. The molecule has 1 aromatic carbocycles. The minimum Gasteiger partial charge on any atom is -0.437 e. The third-order valence-electron chi connectivity index (χ3n) is 2.53. The Balaban J connectivity index is 1.73. The molecule has 0 aliphatic heterocycles. The zero-order valence-corrected chi connectivity index (χ0v) is 10.9. The molecule has 0 unspecified atom stereocenters. The monoisotopic (exact) mass is 299 g/mol. The number of nitrogens with zero attached hydrogens (tertiary/aromatic N) is 5. The summed E-state index contributed by atoms with van der Waals surface area (Å²) in [5, 5.41) is 40.6. The van der Waals surface area contributed by atoms with Crippen LogP contribution in [0.25, 0.3) is 0 Å². The van der Waals surface area contributed by atoms with E-state index in [0.29, 0.717) is 11.6 Å². The second-order valence-corrected chi connectivity index (χ2v) is 4.03. The molecule has 10 heteroatoms. The third kappa shape index (κ3) is 3.06. The number of tetrazole rings is 1. The molecule has 0 atom stereocenters. The van der Waals surface area contributed by atoms with Crippen molar-refractivity contribution >= 4 is 0 Å². The third-order valence-corrected chi connectivity index (χ3v) is 2.53. The van der Waals surface area contributed by atoms with Gasteiger partial charge in [-0.3, -0.25) is 0 Å². The molecule has 110 valence electrons. The summed E-state index contributed by atoms with van der Waals surface area (Å²) in [5.41, 5.74) is 0.635. The molecule has 3 aromatic rings. The molecule has 0 aliphatic rings. The van der Waals surface area contributed by atoms with Crippen molar-refractivity contribution in [3.63, 3.8) is 0 Å². The first kappa shape index (κ1) is 13.7. The van der Waals surface area contributed by atoms with Crippen molar-refractivity contribution in [3.8, 4) is 23.5 Å². The average Bonchev–Trinajstić information content (AvgIpc) is 3.17. The Morgan fingerprint density at radius 1 is 1.00 bits per heavy atom. The molecule has 0 bridgehead atoms. The summed E-state index contributed by atoms with van der Waals surface area (Å²) in [6.45, 7) is 0. The lowest BCUT2D eigenvalue weighted by atomic mass is 10.2. The molecule has 0 amide bonds. The summed E-state index contributed by atoms with van der Waals surface area (Å²) in [6, 6.07) is 6.78. The molecular weight excluding hydrogens is 290 g/mol. The maximum Gasteiger partial charge on any atom is 0.244 e. The van der Waals surface area contributed by atoms with Crippen LogP contribution in [0.15, 0.2) is 24.3 Å². The van der Waals surface area contributed by atoms with Crippen molar-refractivity contribution in [2.45, 2.75) is 6.29 Å². The van der Waals surface area contributed by atoms with Crippen LogP contribution in [0, 0.1) is 11.8 Å². The summed E-state index contributed by atoms with van der Waals surface area (Å²) in [5.74, 6) is 6.51. The molecule has 2 heterocycles. The highest BCUT2D eigenvalue weighted by atomic mass is 16.5. The number of hydrogen-bond donors (Lipinski definition) is 4. The number of aliphatic hydroxyl groups excluding tert-OH is 1. The van der Waals surface area contributed by atoms with E-state index in [1.807, 2.05) is 0 Å². The Labute approximate surface area is 123 Å². The Kier molecular flexibility index (Phi) is 3.73. The normalized spacial score (nSPS) is 10.3. The number of nitrogens with one attached hydrogen (secondary N) is 2. The predicted octanol–water partition coefficient (Wildman–Crippen LogP) is -0.507. The van der Waals surface area contributed by atoms with Gasteiger partial charge in [-0.25, -0.2) is 10.2 Å². The van der Waals surface area contributed by atoms with E-state index in [1.165, 1.54) is 0 Å². The van der Waals surface area contributed by atoms with Crippen LogP contribution in [0.5, 0.6) is 11.6 Å². The number of aliphatic hydroxyl groups is 2. The number of H-pyrrole nitrogens is 2. The number of aromatic nitrogens is 7. The molecule has 10 nitrogen and oxygen atoms in total. The molecule has 22 heavy (non-hydrogen) atoms. The largest absolute Gasteiger partial charge is 0.437 e. The van der Waals surface area contributed by atoms with E-state index in [4.69, 9.17) is 14.9 Å². The van der Waals surface area contributed by atoms with Gasteiger partial charge in [0.25, 0.3) is 0 Å². The van der Waals surface area contributed by atoms with Gasteiger partial charge >= 0.3 is 0 Å². The molecule has 0 aliphatic carbocycles. The van der Waals surface area contributed by atoms with Crippen LogP contribution in [-0.2, 0) is 0 Å². The number of ether oxygens (including phenoxy) is 1. The Hall–Kier alpha value is -3.29. The Bertz CT molecular complexity index is 799. The molecule has 0 radical (unpaired) electrons. The van der Waals surface area contributed by atoms with Crippen molar-refractivity contribution in [1.29, 1.82) is 0 Å². The number of benzene rings is 1. The Morgan fingerprint density at radius 3 is 2.50 bits per heavy atom. The molecule has 4 N–H and O–H groups in total. The molecule has 2 aromatic heterocycles. The van der Waals surface area contributed by atoms with Gasteiger partial charge < -0.3 is 14.9 Å². The average molecular weight is 299 g/mol. The van der Waals surface area contributed by atoms with E-state index < -0.39 is 6.29 Å². The van der Waals surface area contributed by atoms with Crippen molar-refractivity contribution in [1.82, 2.24) is 36.0 Å². The topological polar surface area (TPSA) is 146 Å². The van der Waals surface area contributed by atoms with Crippen LogP contribution in [0.3, 0.4) is 0 Å². The van der Waals surface area contributed by atoms with E-state index in [2.05, 4.69) is 47.9 Å². The van der Waals surface area contributed by atoms with Gasteiger partial charge in [0, 0.05) is 5.56 Å². The van der Waals surface area contributed by atoms with Crippen LogP contribution >= 0.6 is 0 Å². The van der Waals surface area contributed by atoms with Crippen LogP contribution < -0.4 is 4.74 Å². The molecular formula is C12H9N7O3. The standard InChI is InChI=1S/C12H9N7O3/c20-12(21)10-11(16-17-15-10)22-8-4-1-7(2-5-8)3-6-9-13-18-19-14-9/h1-2,4-5,12,20-21H,(H,15,16,17)(H,13,14,18,19). The maximum absolute atomic E-state index is 9.09. The van der Waals surface area contributed by atoms with Gasteiger partial charge in [-0.2, -0.15) is 0 Å². The zero-order valence-electron chi connectivity index (χ0n) is 10.9. The molecule has 0 saturated carbocycles. The summed E-state index contributed by atoms with van der Waals surface area (Å²) < 4.78 is 5.43.